The van der Waals surface area contributed by atoms with Gasteiger partial charge in [0.1, 0.15) is 0 Å². The van der Waals surface area contributed by atoms with Crippen LogP contribution in [0.15, 0.2) is 119 Å². The van der Waals surface area contributed by atoms with Crippen LogP contribution < -0.4 is 11.4 Å². The van der Waals surface area contributed by atoms with Gasteiger partial charge in [0.15, 0.2) is 6.74 Å². The van der Waals surface area contributed by atoms with Crippen molar-refractivity contribution in [3.05, 3.63) is 141 Å². The Morgan fingerprint density at radius 1 is 0.723 bits per heavy atom. The molecular formula is C38H45B2Br2N3O2. The monoisotopic (exact) mass is 755 g/mol. The number of aromatic nitrogens is 1. The van der Waals surface area contributed by atoms with Gasteiger partial charge in [0, 0.05) is 37.8 Å². The van der Waals surface area contributed by atoms with Gasteiger partial charge in [-0.05, 0) is 104 Å². The lowest BCUT2D eigenvalue weighted by molar-refractivity contribution is 0.117. The lowest BCUT2D eigenvalue weighted by atomic mass is 9.41. The van der Waals surface area contributed by atoms with Gasteiger partial charge >= 0.3 is 0 Å². The molecule has 5 aromatic rings. The smallest absolute Gasteiger partial charge is 0.162 e. The number of H-pyrrole nitrogens is 1. The van der Waals surface area contributed by atoms with Crippen molar-refractivity contribution in [2.24, 2.45) is 5.64 Å². The first-order valence-electron chi connectivity index (χ1n) is 16.1. The van der Waals surface area contributed by atoms with E-state index >= 15 is 0 Å². The summed E-state index contributed by atoms with van der Waals surface area (Å²) in [4.78, 5) is 3.47. The van der Waals surface area contributed by atoms with Crippen molar-refractivity contribution in [2.45, 2.75) is 51.6 Å². The van der Waals surface area contributed by atoms with Crippen LogP contribution in [-0.2, 0) is 29.1 Å². The number of para-hydroxylation sites is 2. The van der Waals surface area contributed by atoms with Crippen LogP contribution in [0.4, 0.5) is 5.69 Å². The molecule has 9 heteroatoms. The van der Waals surface area contributed by atoms with Crippen molar-refractivity contribution in [1.29, 1.82) is 0 Å². The van der Waals surface area contributed by atoms with Crippen molar-refractivity contribution in [2.75, 3.05) is 18.9 Å². The summed E-state index contributed by atoms with van der Waals surface area (Å²) in [7, 11) is 5.44. The van der Waals surface area contributed by atoms with Crippen LogP contribution >= 0.6 is 31.9 Å². The fraction of sp³-hybridized carbons (Fsp3) is 0.263. The Balaban J connectivity index is 0.000000203. The molecule has 4 aromatic carbocycles. The van der Waals surface area contributed by atoms with Gasteiger partial charge in [-0.15, -0.1) is 0 Å². The molecule has 5 nitrogen and oxygen atoms in total. The minimum atomic E-state index is -0.181. The normalized spacial score (nSPS) is 10.4. The number of unbranched alkanes of at least 4 members (excludes halogenated alkanes) is 2. The third kappa shape index (κ3) is 17.1. The Hall–Kier alpha value is -3.07. The van der Waals surface area contributed by atoms with Crippen molar-refractivity contribution in [1.82, 2.24) is 4.98 Å². The number of benzene rings is 4. The highest BCUT2D eigenvalue weighted by Gasteiger charge is 2.01. The zero-order chi connectivity index (χ0) is 33.5. The Kier molecular flexibility index (Phi) is 19.0. The number of nitrogen functional groups attached to an aromatic ring is 1. The number of rotatable bonds is 15. The van der Waals surface area contributed by atoms with E-state index in [-0.39, 0.29) is 6.74 Å². The van der Waals surface area contributed by atoms with Gasteiger partial charge in [-0.25, -0.2) is 0 Å². The molecule has 0 fully saturated rings. The highest BCUT2D eigenvalue weighted by Crippen LogP contribution is 2.21. The zero-order valence-electron chi connectivity index (χ0n) is 27.0. The number of anilines is 1. The minimum absolute atomic E-state index is 0.181. The summed E-state index contributed by atoms with van der Waals surface area (Å²) in [5.74, 6) is 0. The Bertz CT molecular complexity index is 1530. The molecule has 1 aromatic heterocycles. The Morgan fingerprint density at radius 3 is 1.85 bits per heavy atom. The molecule has 5 N–H and O–H groups in total. The third-order valence-corrected chi connectivity index (χ3v) is 7.59. The molecule has 0 unspecified atom stereocenters. The van der Waals surface area contributed by atoms with Gasteiger partial charge in [0.2, 0.25) is 0 Å². The summed E-state index contributed by atoms with van der Waals surface area (Å²) in [6.45, 7) is 2.83. The van der Waals surface area contributed by atoms with Crippen molar-refractivity contribution in [3.63, 3.8) is 0 Å². The maximum absolute atomic E-state index is 5.71. The summed E-state index contributed by atoms with van der Waals surface area (Å²) in [6, 6.07) is 38.9. The number of hydrogen-bond acceptors (Lipinski definition) is 4. The first-order chi connectivity index (χ1) is 22.9. The summed E-state index contributed by atoms with van der Waals surface area (Å²) >= 11 is 6.53. The van der Waals surface area contributed by atoms with Crippen LogP contribution in [0.1, 0.15) is 48.1 Å². The number of hydrogen-bond donors (Lipinski definition) is 3. The number of aromatic amines is 1. The lowest BCUT2D eigenvalue weighted by Gasteiger charge is -2.04. The summed E-state index contributed by atoms with van der Waals surface area (Å²) in [6.07, 6.45) is 8.18. The number of ether oxygens (including phenoxy) is 2. The van der Waals surface area contributed by atoms with E-state index in [4.69, 9.17) is 28.6 Å². The fourth-order valence-corrected chi connectivity index (χ4v) is 5.15. The van der Waals surface area contributed by atoms with Crippen LogP contribution in [0.2, 0.25) is 6.32 Å². The SMILES string of the molecule is Nc1ccccc1C=C(Br)Br.[B]B(N)CCCCOCc1ccccc1.c1ccc(COCCCCc2cc3ccccc3[nH]2)cc1. The molecule has 47 heavy (non-hydrogen) atoms. The zero-order valence-corrected chi connectivity index (χ0v) is 30.2. The summed E-state index contributed by atoms with van der Waals surface area (Å²) in [5.41, 5.74) is 17.9. The average Bonchev–Trinajstić information content (AvgIpc) is 3.50. The van der Waals surface area contributed by atoms with E-state index in [1.165, 1.54) is 27.7 Å². The van der Waals surface area contributed by atoms with Crippen LogP contribution in [-0.4, -0.2) is 32.7 Å². The Labute approximate surface area is 299 Å². The number of aryl methyl sites for hydroxylation is 1. The molecule has 5 rings (SSSR count). The molecule has 0 aliphatic rings. The van der Waals surface area contributed by atoms with Crippen LogP contribution in [0.25, 0.3) is 17.0 Å². The van der Waals surface area contributed by atoms with E-state index in [2.05, 4.69) is 104 Å². The van der Waals surface area contributed by atoms with Gasteiger partial charge < -0.3 is 25.8 Å². The molecular weight excluding hydrogens is 712 g/mol. The van der Waals surface area contributed by atoms with Crippen LogP contribution in [0.3, 0.4) is 0 Å². The van der Waals surface area contributed by atoms with Gasteiger partial charge in [-0.1, -0.05) is 110 Å². The Morgan fingerprint density at radius 2 is 1.28 bits per heavy atom. The maximum Gasteiger partial charge on any atom is 0.162 e. The highest BCUT2D eigenvalue weighted by molar-refractivity contribution is 9.28. The van der Waals surface area contributed by atoms with Crippen LogP contribution in [0, 0.1) is 0 Å². The number of nitrogens with two attached hydrogens (primary N) is 2. The van der Waals surface area contributed by atoms with Crippen LogP contribution in [0.5, 0.6) is 0 Å². The molecule has 0 aliphatic heterocycles. The van der Waals surface area contributed by atoms with Gasteiger partial charge in [0.25, 0.3) is 0 Å². The van der Waals surface area contributed by atoms with Gasteiger partial charge in [0.05, 0.1) is 16.6 Å². The van der Waals surface area contributed by atoms with E-state index in [1.54, 1.807) is 0 Å². The molecule has 0 aliphatic carbocycles. The van der Waals surface area contributed by atoms with Gasteiger partial charge in [-0.3, -0.25) is 0 Å². The minimum Gasteiger partial charge on any atom is -0.398 e. The molecule has 2 radical (unpaired) electrons. The van der Waals surface area contributed by atoms with E-state index < -0.39 is 0 Å². The molecule has 0 atom stereocenters. The molecule has 0 bridgehead atoms. The van der Waals surface area contributed by atoms with E-state index in [0.29, 0.717) is 13.2 Å². The summed E-state index contributed by atoms with van der Waals surface area (Å²) in [5, 5.41) is 1.30. The lowest BCUT2D eigenvalue weighted by Crippen LogP contribution is -2.25. The number of nitrogens with one attached hydrogen (secondary N) is 1. The second-order valence-corrected chi connectivity index (χ2v) is 13.9. The van der Waals surface area contributed by atoms with E-state index in [0.717, 1.165) is 66.3 Å². The third-order valence-electron chi connectivity index (χ3n) is 7.13. The van der Waals surface area contributed by atoms with Crippen molar-refractivity contribution >= 4 is 69.0 Å². The molecule has 1 heterocycles. The predicted octanol–water partition coefficient (Wildman–Crippen LogP) is 9.66. The number of halogens is 2. The molecule has 0 saturated carbocycles. The topological polar surface area (TPSA) is 86.3 Å². The van der Waals surface area contributed by atoms with E-state index in [9.17, 15) is 0 Å². The molecule has 0 saturated heterocycles. The first kappa shape index (κ1) is 38.4. The second-order valence-electron chi connectivity index (χ2n) is 11.1. The highest BCUT2D eigenvalue weighted by atomic mass is 79.9. The standard InChI is InChI=1S/C19H21NO.C11H17B2NO.C8H7Br2N/c1-2-8-16(9-3-1)15-21-13-7-6-11-18-14-17-10-4-5-12-19(17)20-18;12-13(14)8-4-5-9-15-10-11-6-2-1-3-7-11;9-8(10)5-6-3-1-2-4-7(6)11/h1-5,8-10,12,14,20H,6-7,11,13,15H2;1-3,6-7H,4-5,8-10,14H2;1-5H,11H2. The van der Waals surface area contributed by atoms with E-state index in [1.807, 2.05) is 54.6 Å². The predicted molar refractivity (Wildman–Crippen MR) is 210 cm³/mol. The van der Waals surface area contributed by atoms with Gasteiger partial charge in [-0.2, -0.15) is 0 Å². The molecule has 244 valence electrons. The summed E-state index contributed by atoms with van der Waals surface area (Å²) < 4.78 is 12.1. The largest absolute Gasteiger partial charge is 0.398 e. The second kappa shape index (κ2) is 23.3. The fourth-order valence-electron chi connectivity index (χ4n) is 4.66. The molecule has 0 amide bonds. The number of fused-ring (bicyclic) bond motifs is 1. The average molecular weight is 757 g/mol. The quantitative estimate of drug-likeness (QED) is 0.0565. The van der Waals surface area contributed by atoms with Crippen molar-refractivity contribution in [3.8, 4) is 0 Å². The first-order valence-corrected chi connectivity index (χ1v) is 17.7. The van der Waals surface area contributed by atoms with Crippen molar-refractivity contribution < 1.29 is 9.47 Å². The maximum atomic E-state index is 5.71. The molecule has 0 spiro atoms.